The quantitative estimate of drug-likeness (QED) is 0.310. The molecule has 0 spiro atoms. The Morgan fingerprint density at radius 2 is 1.62 bits per heavy atom. The second-order valence-corrected chi connectivity index (χ2v) is 10.1. The van der Waals surface area contributed by atoms with Crippen molar-refractivity contribution >= 4 is 25.5 Å². The SMILES string of the molecule is CC(=O)CC(=O)C/C(C)=N/N(C)[Si](C)(C)C. The summed E-state index contributed by atoms with van der Waals surface area (Å²) in [6.45, 7) is 9.80. The van der Waals surface area contributed by atoms with Crippen LogP contribution in [0.1, 0.15) is 26.7 Å². The summed E-state index contributed by atoms with van der Waals surface area (Å²) < 4.78 is 1.96. The monoisotopic (exact) mass is 242 g/mol. The average Bonchev–Trinajstić information content (AvgIpc) is 1.98. The topological polar surface area (TPSA) is 49.7 Å². The van der Waals surface area contributed by atoms with E-state index in [4.69, 9.17) is 0 Å². The van der Waals surface area contributed by atoms with Crippen LogP contribution >= 0.6 is 0 Å². The number of hydrogen-bond acceptors (Lipinski definition) is 4. The highest BCUT2D eigenvalue weighted by Gasteiger charge is 2.19. The van der Waals surface area contributed by atoms with Crippen molar-refractivity contribution in [1.29, 1.82) is 0 Å². The van der Waals surface area contributed by atoms with Gasteiger partial charge in [0.25, 0.3) is 0 Å². The molecule has 0 aromatic heterocycles. The first-order valence-electron chi connectivity index (χ1n) is 5.42. The Bertz CT molecular complexity index is 306. The average molecular weight is 242 g/mol. The molecule has 0 fully saturated rings. The number of Topliss-reactive ketones (excluding diaryl/α,β-unsaturated/α-hetero) is 2. The summed E-state index contributed by atoms with van der Waals surface area (Å²) >= 11 is 0. The Hall–Kier alpha value is -0.973. The molecule has 4 nitrogen and oxygen atoms in total. The molecule has 5 heteroatoms. The van der Waals surface area contributed by atoms with Gasteiger partial charge in [0.05, 0.1) is 6.42 Å². The Balaban J connectivity index is 4.35. The van der Waals surface area contributed by atoms with Crippen molar-refractivity contribution in [3.05, 3.63) is 0 Å². The van der Waals surface area contributed by atoms with Crippen LogP contribution in [0.15, 0.2) is 5.10 Å². The first-order chi connectivity index (χ1) is 7.12. The van der Waals surface area contributed by atoms with Crippen LogP contribution in [0.3, 0.4) is 0 Å². The largest absolute Gasteiger partial charge is 0.328 e. The van der Waals surface area contributed by atoms with Gasteiger partial charge >= 0.3 is 0 Å². The molecule has 92 valence electrons. The van der Waals surface area contributed by atoms with Gasteiger partial charge in [-0.15, -0.1) is 0 Å². The third-order valence-corrected chi connectivity index (χ3v) is 4.23. The minimum atomic E-state index is -1.44. The van der Waals surface area contributed by atoms with E-state index in [1.54, 1.807) is 0 Å². The summed E-state index contributed by atoms with van der Waals surface area (Å²) in [5.74, 6) is -0.144. The van der Waals surface area contributed by atoms with Crippen LogP contribution < -0.4 is 0 Å². The Morgan fingerprint density at radius 3 is 2.00 bits per heavy atom. The molecular formula is C11H22N2O2Si. The Labute approximate surface area is 98.8 Å². The number of ketones is 2. The summed E-state index contributed by atoms with van der Waals surface area (Å²) in [7, 11) is 0.497. The molecule has 0 bridgehead atoms. The van der Waals surface area contributed by atoms with Crippen LogP contribution in [-0.4, -0.2) is 37.2 Å². The number of carbonyl (C=O) groups is 2. The zero-order valence-corrected chi connectivity index (χ0v) is 12.1. The summed E-state index contributed by atoms with van der Waals surface area (Å²) in [4.78, 5) is 22.1. The van der Waals surface area contributed by atoms with Crippen molar-refractivity contribution in [2.45, 2.75) is 46.3 Å². The minimum Gasteiger partial charge on any atom is -0.328 e. The van der Waals surface area contributed by atoms with Crippen LogP contribution in [0.2, 0.25) is 19.6 Å². The molecule has 0 heterocycles. The van der Waals surface area contributed by atoms with Crippen LogP contribution in [0.25, 0.3) is 0 Å². The normalized spacial score (nSPS) is 12.5. The molecule has 0 saturated carbocycles. The van der Waals surface area contributed by atoms with Crippen molar-refractivity contribution in [3.8, 4) is 0 Å². The van der Waals surface area contributed by atoms with Gasteiger partial charge in [0, 0.05) is 19.2 Å². The molecule has 0 aromatic rings. The molecule has 0 unspecified atom stereocenters. The lowest BCUT2D eigenvalue weighted by Gasteiger charge is -2.27. The van der Waals surface area contributed by atoms with Gasteiger partial charge in [-0.3, -0.25) is 9.59 Å². The van der Waals surface area contributed by atoms with Crippen LogP contribution in [0.4, 0.5) is 0 Å². The van der Waals surface area contributed by atoms with Gasteiger partial charge in [-0.1, -0.05) is 19.6 Å². The zero-order chi connectivity index (χ0) is 12.9. The molecule has 0 rings (SSSR count). The fourth-order valence-electron chi connectivity index (χ4n) is 1.07. The highest BCUT2D eigenvalue weighted by atomic mass is 28.3. The highest BCUT2D eigenvalue weighted by molar-refractivity contribution is 6.73. The minimum absolute atomic E-state index is 0.0174. The molecule has 0 aliphatic rings. The van der Waals surface area contributed by atoms with Gasteiger partial charge in [-0.25, -0.2) is 0 Å². The maximum atomic E-state index is 11.4. The maximum Gasteiger partial charge on any atom is 0.168 e. The number of nitrogens with zero attached hydrogens (tertiary/aromatic N) is 2. The van der Waals surface area contributed by atoms with Crippen molar-refractivity contribution in [3.63, 3.8) is 0 Å². The molecule has 16 heavy (non-hydrogen) atoms. The standard InChI is InChI=1S/C11H22N2O2Si/c1-9(7-11(15)8-10(2)14)12-13(3)16(4,5)6/h7-8H2,1-6H3/b12-9+. The van der Waals surface area contributed by atoms with Crippen LogP contribution in [-0.2, 0) is 9.59 Å². The Kier molecular flexibility index (Phi) is 5.57. The lowest BCUT2D eigenvalue weighted by Crippen LogP contribution is -2.39. The molecule has 0 radical (unpaired) electrons. The van der Waals surface area contributed by atoms with Gasteiger partial charge in [-0.2, -0.15) is 5.10 Å². The third-order valence-electron chi connectivity index (χ3n) is 2.19. The number of carbonyl (C=O) groups excluding carboxylic acids is 2. The number of hydrazone groups is 1. The van der Waals surface area contributed by atoms with Crippen molar-refractivity contribution in [2.24, 2.45) is 5.10 Å². The van der Waals surface area contributed by atoms with Crippen LogP contribution in [0.5, 0.6) is 0 Å². The highest BCUT2D eigenvalue weighted by Crippen LogP contribution is 2.07. The molecular weight excluding hydrogens is 220 g/mol. The number of hydrogen-bond donors (Lipinski definition) is 0. The summed E-state index contributed by atoms with van der Waals surface area (Å²) in [5, 5.41) is 4.38. The third kappa shape index (κ3) is 6.50. The smallest absolute Gasteiger partial charge is 0.168 e. The molecule has 0 aliphatic carbocycles. The molecule has 0 saturated heterocycles. The lowest BCUT2D eigenvalue weighted by atomic mass is 10.1. The molecule has 0 atom stereocenters. The fourth-order valence-corrected chi connectivity index (χ4v) is 1.54. The number of rotatable bonds is 6. The van der Waals surface area contributed by atoms with Crippen molar-refractivity contribution in [2.75, 3.05) is 7.05 Å². The van der Waals surface area contributed by atoms with E-state index in [9.17, 15) is 9.59 Å². The van der Waals surface area contributed by atoms with Gasteiger partial charge in [0.15, 0.2) is 8.24 Å². The first-order valence-corrected chi connectivity index (χ1v) is 8.86. The lowest BCUT2D eigenvalue weighted by molar-refractivity contribution is -0.125. The van der Waals surface area contributed by atoms with Crippen molar-refractivity contribution in [1.82, 2.24) is 4.67 Å². The summed E-state index contributed by atoms with van der Waals surface area (Å²) in [6.07, 6.45) is 0.290. The van der Waals surface area contributed by atoms with E-state index >= 15 is 0 Å². The van der Waals surface area contributed by atoms with E-state index in [2.05, 4.69) is 24.7 Å². The van der Waals surface area contributed by atoms with E-state index < -0.39 is 8.24 Å². The van der Waals surface area contributed by atoms with Crippen LogP contribution in [0, 0.1) is 0 Å². The van der Waals surface area contributed by atoms with E-state index in [0.29, 0.717) is 0 Å². The van der Waals surface area contributed by atoms with E-state index in [0.717, 1.165) is 5.71 Å². The van der Waals surface area contributed by atoms with E-state index in [1.165, 1.54) is 6.92 Å². The molecule has 0 aromatic carbocycles. The second kappa shape index (κ2) is 5.93. The van der Waals surface area contributed by atoms with Gasteiger partial charge < -0.3 is 4.67 Å². The fraction of sp³-hybridized carbons (Fsp3) is 0.727. The molecule has 0 aliphatic heterocycles. The Morgan fingerprint density at radius 1 is 1.12 bits per heavy atom. The predicted octanol–water partition coefficient (Wildman–Crippen LogP) is 2.07. The first kappa shape index (κ1) is 15.0. The van der Waals surface area contributed by atoms with Gasteiger partial charge in [-0.05, 0) is 13.8 Å². The van der Waals surface area contributed by atoms with E-state index in [1.807, 2.05) is 18.6 Å². The molecule has 0 N–H and O–H groups in total. The van der Waals surface area contributed by atoms with Crippen molar-refractivity contribution < 1.29 is 9.59 Å². The summed E-state index contributed by atoms with van der Waals surface area (Å²) in [6, 6.07) is 0. The molecule has 0 amide bonds. The summed E-state index contributed by atoms with van der Waals surface area (Å²) in [5.41, 5.74) is 0.774. The second-order valence-electron chi connectivity index (χ2n) is 5.12. The van der Waals surface area contributed by atoms with Gasteiger partial charge in [0.1, 0.15) is 11.6 Å². The van der Waals surface area contributed by atoms with Gasteiger partial charge in [0.2, 0.25) is 0 Å². The maximum absolute atomic E-state index is 11.4. The zero-order valence-electron chi connectivity index (χ0n) is 11.1. The predicted molar refractivity (Wildman–Crippen MR) is 69.1 cm³/mol. The van der Waals surface area contributed by atoms with E-state index in [-0.39, 0.29) is 24.4 Å².